The fraction of sp³-hybridized carbons (Fsp3) is 0.588. The summed E-state index contributed by atoms with van der Waals surface area (Å²) in [5.41, 5.74) is 1.90. The van der Waals surface area contributed by atoms with Gasteiger partial charge >= 0.3 is 0 Å². The molecule has 0 unspecified atom stereocenters. The quantitative estimate of drug-likeness (QED) is 0.842. The van der Waals surface area contributed by atoms with Crippen LogP contribution >= 0.6 is 0 Å². The number of nitrogens with one attached hydrogen (secondary N) is 1. The summed E-state index contributed by atoms with van der Waals surface area (Å²) >= 11 is 0. The minimum absolute atomic E-state index is 0.0202. The van der Waals surface area contributed by atoms with Gasteiger partial charge in [0.05, 0.1) is 6.10 Å². The Morgan fingerprint density at radius 1 is 1.48 bits per heavy atom. The lowest BCUT2D eigenvalue weighted by Crippen LogP contribution is -2.29. The number of amides is 1. The molecule has 2 rings (SSSR count). The minimum atomic E-state index is -0.193. The van der Waals surface area contributed by atoms with E-state index in [0.717, 1.165) is 50.0 Å². The second kappa shape index (κ2) is 7.57. The second-order valence-corrected chi connectivity index (χ2v) is 5.85. The molecule has 1 aliphatic heterocycles. The molecule has 0 bridgehead atoms. The van der Waals surface area contributed by atoms with Crippen molar-refractivity contribution in [2.45, 2.75) is 38.2 Å². The molecule has 2 atom stereocenters. The predicted molar refractivity (Wildman–Crippen MR) is 84.5 cm³/mol. The van der Waals surface area contributed by atoms with Crippen LogP contribution in [0.5, 0.6) is 0 Å². The molecule has 4 nitrogen and oxygen atoms in total. The third-order valence-electron chi connectivity index (χ3n) is 4.24. The Morgan fingerprint density at radius 2 is 2.24 bits per heavy atom. The summed E-state index contributed by atoms with van der Waals surface area (Å²) in [7, 11) is 1.67. The molecule has 0 aliphatic carbocycles. The van der Waals surface area contributed by atoms with Gasteiger partial charge in [-0.2, -0.15) is 0 Å². The number of benzene rings is 1. The molecule has 0 spiro atoms. The van der Waals surface area contributed by atoms with Crippen molar-refractivity contribution in [1.82, 2.24) is 10.2 Å². The van der Waals surface area contributed by atoms with Gasteiger partial charge in [0.2, 0.25) is 0 Å². The monoisotopic (exact) mass is 290 g/mol. The SMILES string of the molecule is CCC[C@H](CN1CC[C@H](O)C1)c1ccccc1C(=O)NC. The molecular formula is C17H26N2O2. The number of carbonyl (C=O) groups is 1. The zero-order valence-corrected chi connectivity index (χ0v) is 13.0. The summed E-state index contributed by atoms with van der Waals surface area (Å²) in [5, 5.41) is 12.4. The Bertz CT molecular complexity index is 476. The number of likely N-dealkylation sites (tertiary alicyclic amines) is 1. The first-order valence-corrected chi connectivity index (χ1v) is 7.87. The van der Waals surface area contributed by atoms with Gasteiger partial charge in [-0.3, -0.25) is 4.79 Å². The predicted octanol–water partition coefficient (Wildman–Crippen LogP) is 2.00. The van der Waals surface area contributed by atoms with E-state index in [0.29, 0.717) is 5.92 Å². The average molecular weight is 290 g/mol. The van der Waals surface area contributed by atoms with E-state index in [2.05, 4.69) is 23.2 Å². The Hall–Kier alpha value is -1.39. The molecule has 1 heterocycles. The van der Waals surface area contributed by atoms with E-state index in [9.17, 15) is 9.90 Å². The first-order valence-electron chi connectivity index (χ1n) is 7.87. The fourth-order valence-electron chi connectivity index (χ4n) is 3.18. The summed E-state index contributed by atoms with van der Waals surface area (Å²) in [6.07, 6.45) is 2.81. The van der Waals surface area contributed by atoms with Crippen LogP contribution in [0.2, 0.25) is 0 Å². The number of β-amino-alcohol motifs (C(OH)–C–C–N with tert-alkyl or cyclic N) is 1. The lowest BCUT2D eigenvalue weighted by atomic mass is 9.89. The van der Waals surface area contributed by atoms with E-state index in [1.165, 1.54) is 0 Å². The van der Waals surface area contributed by atoms with Crippen LogP contribution in [-0.2, 0) is 0 Å². The van der Waals surface area contributed by atoms with E-state index in [4.69, 9.17) is 0 Å². The molecule has 1 amide bonds. The fourth-order valence-corrected chi connectivity index (χ4v) is 3.18. The third-order valence-corrected chi connectivity index (χ3v) is 4.24. The van der Waals surface area contributed by atoms with Gasteiger partial charge < -0.3 is 15.3 Å². The van der Waals surface area contributed by atoms with Crippen molar-refractivity contribution in [1.29, 1.82) is 0 Å². The molecule has 4 heteroatoms. The Kier molecular flexibility index (Phi) is 5.76. The molecule has 1 aromatic carbocycles. The number of aliphatic hydroxyl groups excluding tert-OH is 1. The third kappa shape index (κ3) is 4.05. The van der Waals surface area contributed by atoms with Crippen LogP contribution in [0.1, 0.15) is 48.0 Å². The van der Waals surface area contributed by atoms with Gasteiger partial charge in [-0.25, -0.2) is 0 Å². The smallest absolute Gasteiger partial charge is 0.251 e. The second-order valence-electron chi connectivity index (χ2n) is 5.85. The molecule has 1 aromatic rings. The molecule has 1 saturated heterocycles. The van der Waals surface area contributed by atoms with Crippen molar-refractivity contribution in [2.75, 3.05) is 26.7 Å². The average Bonchev–Trinajstić information content (AvgIpc) is 2.91. The molecule has 0 aromatic heterocycles. The zero-order valence-electron chi connectivity index (χ0n) is 13.0. The number of rotatable bonds is 6. The highest BCUT2D eigenvalue weighted by atomic mass is 16.3. The molecule has 21 heavy (non-hydrogen) atoms. The van der Waals surface area contributed by atoms with E-state index < -0.39 is 0 Å². The van der Waals surface area contributed by atoms with Gasteiger partial charge in [0.25, 0.3) is 5.91 Å². The Labute approximate surface area is 127 Å². The Morgan fingerprint density at radius 3 is 2.86 bits per heavy atom. The van der Waals surface area contributed by atoms with Crippen LogP contribution in [-0.4, -0.2) is 48.7 Å². The maximum absolute atomic E-state index is 12.1. The van der Waals surface area contributed by atoms with Gasteiger partial charge in [-0.05, 0) is 30.4 Å². The van der Waals surface area contributed by atoms with Crippen molar-refractivity contribution < 1.29 is 9.90 Å². The van der Waals surface area contributed by atoms with E-state index in [1.54, 1.807) is 7.05 Å². The van der Waals surface area contributed by atoms with Gasteiger partial charge in [-0.1, -0.05) is 31.5 Å². The summed E-state index contributed by atoms with van der Waals surface area (Å²) in [6, 6.07) is 7.88. The zero-order chi connectivity index (χ0) is 15.2. The molecule has 0 radical (unpaired) electrons. The van der Waals surface area contributed by atoms with E-state index in [1.807, 2.05) is 18.2 Å². The summed E-state index contributed by atoms with van der Waals surface area (Å²) in [4.78, 5) is 14.4. The first-order chi connectivity index (χ1) is 10.2. The van der Waals surface area contributed by atoms with Crippen LogP contribution in [0.25, 0.3) is 0 Å². The lowest BCUT2D eigenvalue weighted by molar-refractivity contribution is 0.0961. The number of hydrogen-bond acceptors (Lipinski definition) is 3. The maximum Gasteiger partial charge on any atom is 0.251 e. The summed E-state index contributed by atoms with van der Waals surface area (Å²) in [6.45, 7) is 4.79. The molecular weight excluding hydrogens is 264 g/mol. The van der Waals surface area contributed by atoms with Crippen molar-refractivity contribution in [3.05, 3.63) is 35.4 Å². The van der Waals surface area contributed by atoms with Gasteiger partial charge in [0.15, 0.2) is 0 Å². The lowest BCUT2D eigenvalue weighted by Gasteiger charge is -2.25. The minimum Gasteiger partial charge on any atom is -0.392 e. The highest BCUT2D eigenvalue weighted by Gasteiger charge is 2.25. The molecule has 0 saturated carbocycles. The highest BCUT2D eigenvalue weighted by Crippen LogP contribution is 2.27. The molecule has 1 aliphatic rings. The van der Waals surface area contributed by atoms with Crippen LogP contribution in [0.4, 0.5) is 0 Å². The van der Waals surface area contributed by atoms with Crippen LogP contribution < -0.4 is 5.32 Å². The normalized spacial score (nSPS) is 20.4. The summed E-state index contributed by atoms with van der Waals surface area (Å²) in [5.74, 6) is 0.321. The van der Waals surface area contributed by atoms with E-state index >= 15 is 0 Å². The largest absolute Gasteiger partial charge is 0.392 e. The maximum atomic E-state index is 12.1. The van der Waals surface area contributed by atoms with E-state index in [-0.39, 0.29) is 12.0 Å². The van der Waals surface area contributed by atoms with Crippen molar-refractivity contribution in [2.24, 2.45) is 0 Å². The standard InChI is InChI=1S/C17H26N2O2/c1-3-6-13(11-19-10-9-14(20)12-19)15-7-4-5-8-16(15)17(21)18-2/h4-5,7-8,13-14,20H,3,6,9-12H2,1-2H3,(H,18,21)/t13-,14+/m1/s1. The first kappa shape index (κ1) is 16.0. The van der Waals surface area contributed by atoms with Gasteiger partial charge in [-0.15, -0.1) is 0 Å². The molecule has 1 fully saturated rings. The van der Waals surface area contributed by atoms with Crippen molar-refractivity contribution in [3.8, 4) is 0 Å². The van der Waals surface area contributed by atoms with Crippen LogP contribution in [0.15, 0.2) is 24.3 Å². The van der Waals surface area contributed by atoms with Gasteiger partial charge in [0.1, 0.15) is 0 Å². The van der Waals surface area contributed by atoms with Gasteiger partial charge in [0, 0.05) is 32.2 Å². The van der Waals surface area contributed by atoms with Crippen LogP contribution in [0.3, 0.4) is 0 Å². The Balaban J connectivity index is 2.19. The van der Waals surface area contributed by atoms with Crippen LogP contribution in [0, 0.1) is 0 Å². The highest BCUT2D eigenvalue weighted by molar-refractivity contribution is 5.95. The number of aliphatic hydroxyl groups is 1. The number of nitrogens with zero attached hydrogens (tertiary/aromatic N) is 1. The van der Waals surface area contributed by atoms with Crippen molar-refractivity contribution in [3.63, 3.8) is 0 Å². The summed E-state index contributed by atoms with van der Waals surface area (Å²) < 4.78 is 0. The molecule has 2 N–H and O–H groups in total. The number of hydrogen-bond donors (Lipinski definition) is 2. The number of carbonyl (C=O) groups excluding carboxylic acids is 1. The topological polar surface area (TPSA) is 52.6 Å². The molecule has 116 valence electrons. The van der Waals surface area contributed by atoms with Crippen molar-refractivity contribution >= 4 is 5.91 Å².